The Kier molecular flexibility index (Phi) is 7.49. The molecule has 44 heavy (non-hydrogen) atoms. The molecule has 7 aromatic carbocycles. The van der Waals surface area contributed by atoms with Gasteiger partial charge in [-0.05, 0) is 92.1 Å². The fourth-order valence-corrected chi connectivity index (χ4v) is 6.16. The highest BCUT2D eigenvalue weighted by atomic mass is 14.2. The maximum atomic E-state index is 2.40. The Morgan fingerprint density at radius 1 is 0.318 bits per heavy atom. The summed E-state index contributed by atoms with van der Waals surface area (Å²) in [5.41, 5.74) is 12.3. The van der Waals surface area contributed by atoms with Gasteiger partial charge in [0.25, 0.3) is 0 Å². The van der Waals surface area contributed by atoms with Crippen LogP contribution in [0.4, 0.5) is 0 Å². The lowest BCUT2D eigenvalue weighted by Crippen LogP contribution is -1.94. The molecule has 0 nitrogen and oxygen atoms in total. The van der Waals surface area contributed by atoms with Gasteiger partial charge < -0.3 is 0 Å². The number of rotatable bonds is 6. The molecule has 0 unspecified atom stereocenters. The quantitative estimate of drug-likeness (QED) is 0.140. The van der Waals surface area contributed by atoms with Gasteiger partial charge in [0.1, 0.15) is 0 Å². The van der Waals surface area contributed by atoms with E-state index in [4.69, 9.17) is 0 Å². The second kappa shape index (κ2) is 12.0. The smallest absolute Gasteiger partial charge is 0.00926 e. The average molecular weight is 563 g/mol. The highest BCUT2D eigenvalue weighted by molar-refractivity contribution is 6.16. The Morgan fingerprint density at radius 3 is 0.909 bits per heavy atom. The molecule has 0 heteroatoms. The molecule has 0 heterocycles. The van der Waals surface area contributed by atoms with Crippen molar-refractivity contribution < 1.29 is 0 Å². The van der Waals surface area contributed by atoms with E-state index in [9.17, 15) is 0 Å². The van der Waals surface area contributed by atoms with Crippen LogP contribution >= 0.6 is 0 Å². The second-order valence-corrected chi connectivity index (χ2v) is 11.5. The SMILES string of the molecule is Cc1ccc(/C(=C/c2c3ccccc3c(/C=C(\c3ccccc3)c3ccc(C)cc3)c3ccccc23)c2ccccc2)cc1. The van der Waals surface area contributed by atoms with Gasteiger partial charge in [-0.3, -0.25) is 0 Å². The number of benzene rings is 7. The summed E-state index contributed by atoms with van der Waals surface area (Å²) in [5, 5.41) is 4.98. The van der Waals surface area contributed by atoms with Gasteiger partial charge in [0.05, 0.1) is 0 Å². The van der Waals surface area contributed by atoms with Crippen molar-refractivity contribution in [1.82, 2.24) is 0 Å². The lowest BCUT2D eigenvalue weighted by atomic mass is 9.86. The summed E-state index contributed by atoms with van der Waals surface area (Å²) in [5.74, 6) is 0. The Balaban J connectivity index is 1.54. The van der Waals surface area contributed by atoms with E-state index in [1.54, 1.807) is 0 Å². The van der Waals surface area contributed by atoms with Crippen molar-refractivity contribution in [3.63, 3.8) is 0 Å². The summed E-state index contributed by atoms with van der Waals surface area (Å²) in [7, 11) is 0. The first-order valence-corrected chi connectivity index (χ1v) is 15.3. The molecule has 0 saturated heterocycles. The van der Waals surface area contributed by atoms with Crippen LogP contribution in [0.1, 0.15) is 44.5 Å². The van der Waals surface area contributed by atoms with Crippen LogP contribution in [0.25, 0.3) is 44.8 Å². The zero-order valence-electron chi connectivity index (χ0n) is 25.2. The van der Waals surface area contributed by atoms with Crippen molar-refractivity contribution in [3.05, 3.63) is 202 Å². The molecule has 0 aliphatic rings. The zero-order chi connectivity index (χ0) is 29.9. The Morgan fingerprint density at radius 2 is 0.591 bits per heavy atom. The van der Waals surface area contributed by atoms with E-state index in [2.05, 4.69) is 184 Å². The molecule has 0 saturated carbocycles. The molecule has 0 fully saturated rings. The molecule has 0 N–H and O–H groups in total. The third kappa shape index (κ3) is 5.39. The molecular weight excluding hydrogens is 528 g/mol. The summed E-state index contributed by atoms with van der Waals surface area (Å²) >= 11 is 0. The summed E-state index contributed by atoms with van der Waals surface area (Å²) in [6, 6.07) is 57.0. The Hall–Kier alpha value is -5.46. The number of hydrogen-bond donors (Lipinski definition) is 0. The third-order valence-electron chi connectivity index (χ3n) is 8.49. The molecular formula is C44H34. The van der Waals surface area contributed by atoms with Crippen LogP contribution in [0, 0.1) is 13.8 Å². The fourth-order valence-electron chi connectivity index (χ4n) is 6.16. The van der Waals surface area contributed by atoms with E-state index in [0.29, 0.717) is 0 Å². The van der Waals surface area contributed by atoms with Crippen LogP contribution in [0.3, 0.4) is 0 Å². The minimum absolute atomic E-state index is 1.21. The van der Waals surface area contributed by atoms with Gasteiger partial charge in [-0.25, -0.2) is 0 Å². The fraction of sp³-hybridized carbons (Fsp3) is 0.0455. The molecule has 0 aliphatic heterocycles. The lowest BCUT2D eigenvalue weighted by Gasteiger charge is -2.17. The first kappa shape index (κ1) is 27.4. The van der Waals surface area contributed by atoms with Crippen molar-refractivity contribution >= 4 is 44.8 Å². The van der Waals surface area contributed by atoms with E-state index in [1.165, 1.54) is 77.2 Å². The second-order valence-electron chi connectivity index (χ2n) is 11.5. The maximum absolute atomic E-state index is 2.40. The van der Waals surface area contributed by atoms with Crippen molar-refractivity contribution in [2.24, 2.45) is 0 Å². The molecule has 0 spiro atoms. The van der Waals surface area contributed by atoms with E-state index in [-0.39, 0.29) is 0 Å². The number of fused-ring (bicyclic) bond motifs is 2. The van der Waals surface area contributed by atoms with Gasteiger partial charge in [-0.1, -0.05) is 169 Å². The third-order valence-corrected chi connectivity index (χ3v) is 8.49. The van der Waals surface area contributed by atoms with Gasteiger partial charge in [0.15, 0.2) is 0 Å². The Labute approximate surface area is 260 Å². The average Bonchev–Trinajstić information content (AvgIpc) is 3.08. The van der Waals surface area contributed by atoms with Crippen molar-refractivity contribution in [2.45, 2.75) is 13.8 Å². The molecule has 210 valence electrons. The summed E-state index contributed by atoms with van der Waals surface area (Å²) in [4.78, 5) is 0. The van der Waals surface area contributed by atoms with E-state index < -0.39 is 0 Å². The normalized spacial score (nSPS) is 12.1. The first-order valence-electron chi connectivity index (χ1n) is 15.3. The monoisotopic (exact) mass is 562 g/mol. The lowest BCUT2D eigenvalue weighted by molar-refractivity contribution is 1.45. The maximum Gasteiger partial charge on any atom is -0.00926 e. The predicted molar refractivity (Wildman–Crippen MR) is 191 cm³/mol. The molecule has 0 amide bonds. The van der Waals surface area contributed by atoms with E-state index in [0.717, 1.165) is 0 Å². The van der Waals surface area contributed by atoms with Crippen LogP contribution in [-0.2, 0) is 0 Å². The van der Waals surface area contributed by atoms with E-state index >= 15 is 0 Å². The highest BCUT2D eigenvalue weighted by Crippen LogP contribution is 2.39. The molecule has 7 aromatic rings. The zero-order valence-corrected chi connectivity index (χ0v) is 25.2. The van der Waals surface area contributed by atoms with Crippen LogP contribution in [0.15, 0.2) is 158 Å². The molecule has 7 rings (SSSR count). The molecule has 0 aromatic heterocycles. The number of aryl methyl sites for hydroxylation is 2. The van der Waals surface area contributed by atoms with Crippen molar-refractivity contribution in [2.75, 3.05) is 0 Å². The van der Waals surface area contributed by atoms with Gasteiger partial charge in [0.2, 0.25) is 0 Å². The minimum Gasteiger partial charge on any atom is -0.0622 e. The minimum atomic E-state index is 1.21. The van der Waals surface area contributed by atoms with Crippen LogP contribution in [0.2, 0.25) is 0 Å². The molecule has 0 atom stereocenters. The summed E-state index contributed by atoms with van der Waals surface area (Å²) in [6.07, 6.45) is 4.80. The first-order chi connectivity index (χ1) is 21.7. The number of hydrogen-bond acceptors (Lipinski definition) is 0. The van der Waals surface area contributed by atoms with Gasteiger partial charge in [-0.15, -0.1) is 0 Å². The summed E-state index contributed by atoms with van der Waals surface area (Å²) in [6.45, 7) is 4.28. The van der Waals surface area contributed by atoms with Crippen LogP contribution in [-0.4, -0.2) is 0 Å². The van der Waals surface area contributed by atoms with Crippen LogP contribution in [0.5, 0.6) is 0 Å². The van der Waals surface area contributed by atoms with Gasteiger partial charge >= 0.3 is 0 Å². The van der Waals surface area contributed by atoms with Crippen molar-refractivity contribution in [3.8, 4) is 0 Å². The highest BCUT2D eigenvalue weighted by Gasteiger charge is 2.15. The van der Waals surface area contributed by atoms with E-state index in [1.807, 2.05) is 0 Å². The standard InChI is InChI=1S/C44H34/c1-31-21-25-35(26-22-31)41(33-13-5-3-6-14-33)29-43-37-17-9-11-19-39(37)44(40-20-12-10-18-38(40)43)30-42(34-15-7-4-8-16-34)36-27-23-32(2)24-28-36/h3-30H,1-2H3/b41-29+,42-30+. The molecule has 0 aliphatic carbocycles. The molecule has 0 bridgehead atoms. The van der Waals surface area contributed by atoms with Crippen LogP contribution < -0.4 is 0 Å². The van der Waals surface area contributed by atoms with Gasteiger partial charge in [0, 0.05) is 0 Å². The topological polar surface area (TPSA) is 0 Å². The molecule has 0 radical (unpaired) electrons. The largest absolute Gasteiger partial charge is 0.0622 e. The Bertz CT molecular complexity index is 1910. The summed E-state index contributed by atoms with van der Waals surface area (Å²) < 4.78 is 0. The predicted octanol–water partition coefficient (Wildman–Crippen LogP) is 11.8. The van der Waals surface area contributed by atoms with Crippen molar-refractivity contribution in [1.29, 1.82) is 0 Å². The van der Waals surface area contributed by atoms with Gasteiger partial charge in [-0.2, -0.15) is 0 Å².